The highest BCUT2D eigenvalue weighted by Crippen LogP contribution is 2.05. The zero-order chi connectivity index (χ0) is 9.64. The smallest absolute Gasteiger partial charge is 0.114 e. The molecule has 2 heteroatoms. The summed E-state index contributed by atoms with van der Waals surface area (Å²) < 4.78 is 0. The van der Waals surface area contributed by atoms with E-state index >= 15 is 0 Å². The number of nitrogens with one attached hydrogen (secondary N) is 1. The third kappa shape index (κ3) is 2.33. The molecule has 0 unspecified atom stereocenters. The van der Waals surface area contributed by atoms with E-state index in [0.29, 0.717) is 0 Å². The van der Waals surface area contributed by atoms with E-state index in [1.807, 2.05) is 30.3 Å². The zero-order valence-electron chi connectivity index (χ0n) is 7.77. The Bertz CT molecular complexity index is 331. The van der Waals surface area contributed by atoms with Crippen LogP contribution in [-0.4, -0.2) is 4.98 Å². The lowest BCUT2D eigenvalue weighted by molar-refractivity contribution is 1.13. The molecule has 1 aromatic heterocycles. The lowest BCUT2D eigenvalue weighted by atomic mass is 10.2. The molecule has 0 fully saturated rings. The SMILES string of the molecule is [c]1ncccc1NCc1ccccc1. The third-order valence-electron chi connectivity index (χ3n) is 1.93. The van der Waals surface area contributed by atoms with Gasteiger partial charge in [-0.3, -0.25) is 4.98 Å². The number of aromatic nitrogens is 1. The van der Waals surface area contributed by atoms with Gasteiger partial charge in [-0.2, -0.15) is 0 Å². The molecule has 1 radical (unpaired) electrons. The Kier molecular flexibility index (Phi) is 2.76. The van der Waals surface area contributed by atoms with Gasteiger partial charge in [0, 0.05) is 12.7 Å². The van der Waals surface area contributed by atoms with Crippen LogP contribution in [-0.2, 0) is 6.54 Å². The molecule has 14 heavy (non-hydrogen) atoms. The van der Waals surface area contributed by atoms with Crippen molar-refractivity contribution in [2.75, 3.05) is 5.32 Å². The van der Waals surface area contributed by atoms with E-state index < -0.39 is 0 Å². The lowest BCUT2D eigenvalue weighted by Crippen LogP contribution is -1.99. The van der Waals surface area contributed by atoms with E-state index in [9.17, 15) is 0 Å². The molecule has 0 aliphatic carbocycles. The summed E-state index contributed by atoms with van der Waals surface area (Å²) in [5.74, 6) is 0. The second-order valence-electron chi connectivity index (χ2n) is 3.00. The predicted octanol–water partition coefficient (Wildman–Crippen LogP) is 2.49. The van der Waals surface area contributed by atoms with Crippen molar-refractivity contribution in [3.63, 3.8) is 0 Å². The fourth-order valence-electron chi connectivity index (χ4n) is 1.22. The highest BCUT2D eigenvalue weighted by molar-refractivity contribution is 5.39. The first-order chi connectivity index (χ1) is 6.95. The zero-order valence-corrected chi connectivity index (χ0v) is 7.77. The molecule has 2 nitrogen and oxygen atoms in total. The quantitative estimate of drug-likeness (QED) is 0.790. The van der Waals surface area contributed by atoms with Gasteiger partial charge < -0.3 is 5.32 Å². The summed E-state index contributed by atoms with van der Waals surface area (Å²) in [6, 6.07) is 14.1. The molecule has 0 amide bonds. The Labute approximate surface area is 83.6 Å². The second-order valence-corrected chi connectivity index (χ2v) is 3.00. The summed E-state index contributed by atoms with van der Waals surface area (Å²) in [5, 5.41) is 3.24. The molecule has 1 heterocycles. The summed E-state index contributed by atoms with van der Waals surface area (Å²) >= 11 is 0. The van der Waals surface area contributed by atoms with E-state index in [0.717, 1.165) is 12.2 Å². The molecular formula is C12H11N2. The van der Waals surface area contributed by atoms with E-state index in [2.05, 4.69) is 28.6 Å². The fourth-order valence-corrected chi connectivity index (χ4v) is 1.22. The average Bonchev–Trinajstić information content (AvgIpc) is 2.29. The molecule has 1 aromatic carbocycles. The van der Waals surface area contributed by atoms with Crippen LogP contribution in [0.1, 0.15) is 5.56 Å². The van der Waals surface area contributed by atoms with Gasteiger partial charge in [0.05, 0.1) is 5.69 Å². The summed E-state index contributed by atoms with van der Waals surface area (Å²) in [5.41, 5.74) is 2.18. The Balaban J connectivity index is 1.96. The van der Waals surface area contributed by atoms with E-state index in [1.165, 1.54) is 5.56 Å². The molecule has 1 N–H and O–H groups in total. The van der Waals surface area contributed by atoms with E-state index in [4.69, 9.17) is 0 Å². The number of anilines is 1. The lowest BCUT2D eigenvalue weighted by Gasteiger charge is -2.04. The van der Waals surface area contributed by atoms with Gasteiger partial charge in [-0.25, -0.2) is 0 Å². The van der Waals surface area contributed by atoms with Crippen LogP contribution in [0, 0.1) is 6.20 Å². The van der Waals surface area contributed by atoms with Crippen molar-refractivity contribution < 1.29 is 0 Å². The van der Waals surface area contributed by atoms with E-state index in [-0.39, 0.29) is 0 Å². The number of hydrogen-bond acceptors (Lipinski definition) is 2. The van der Waals surface area contributed by atoms with Crippen LogP contribution in [0.5, 0.6) is 0 Å². The normalized spacial score (nSPS) is 9.71. The summed E-state index contributed by atoms with van der Waals surface area (Å²) in [7, 11) is 0. The monoisotopic (exact) mass is 183 g/mol. The topological polar surface area (TPSA) is 24.9 Å². The van der Waals surface area contributed by atoms with Gasteiger partial charge in [0.15, 0.2) is 0 Å². The minimum Gasteiger partial charge on any atom is -0.379 e. The van der Waals surface area contributed by atoms with Gasteiger partial charge in [0.2, 0.25) is 0 Å². The Morgan fingerprint density at radius 2 is 1.93 bits per heavy atom. The Morgan fingerprint density at radius 1 is 1.07 bits per heavy atom. The van der Waals surface area contributed by atoms with Crippen LogP contribution in [0.25, 0.3) is 0 Å². The molecule has 0 spiro atoms. The number of nitrogens with zero attached hydrogens (tertiary/aromatic N) is 1. The Hall–Kier alpha value is -1.83. The van der Waals surface area contributed by atoms with Crippen LogP contribution in [0.3, 0.4) is 0 Å². The van der Waals surface area contributed by atoms with Gasteiger partial charge in [-0.15, -0.1) is 0 Å². The molecule has 0 bridgehead atoms. The van der Waals surface area contributed by atoms with Crippen molar-refractivity contribution in [1.29, 1.82) is 0 Å². The van der Waals surface area contributed by atoms with Gasteiger partial charge in [0.25, 0.3) is 0 Å². The van der Waals surface area contributed by atoms with Crippen molar-refractivity contribution >= 4 is 5.69 Å². The number of hydrogen-bond donors (Lipinski definition) is 1. The minimum atomic E-state index is 0.809. The molecule has 2 aromatic rings. The highest BCUT2D eigenvalue weighted by Gasteiger charge is 1.92. The summed E-state index contributed by atoms with van der Waals surface area (Å²) in [6.07, 6.45) is 4.59. The summed E-state index contributed by atoms with van der Waals surface area (Å²) in [4.78, 5) is 3.91. The van der Waals surface area contributed by atoms with Crippen LogP contribution in [0.4, 0.5) is 5.69 Å². The number of pyridine rings is 1. The molecular weight excluding hydrogens is 172 g/mol. The highest BCUT2D eigenvalue weighted by atomic mass is 14.9. The molecule has 0 saturated heterocycles. The fraction of sp³-hybridized carbons (Fsp3) is 0.0833. The van der Waals surface area contributed by atoms with E-state index in [1.54, 1.807) is 6.20 Å². The molecule has 0 aliphatic rings. The van der Waals surface area contributed by atoms with Crippen molar-refractivity contribution in [1.82, 2.24) is 4.98 Å². The maximum Gasteiger partial charge on any atom is 0.114 e. The average molecular weight is 183 g/mol. The van der Waals surface area contributed by atoms with Crippen LogP contribution >= 0.6 is 0 Å². The van der Waals surface area contributed by atoms with Crippen molar-refractivity contribution in [3.05, 3.63) is 60.4 Å². The van der Waals surface area contributed by atoms with Gasteiger partial charge >= 0.3 is 0 Å². The molecule has 0 saturated carbocycles. The minimum absolute atomic E-state index is 0.809. The first kappa shape index (κ1) is 8.75. The Morgan fingerprint density at radius 3 is 2.64 bits per heavy atom. The van der Waals surface area contributed by atoms with Crippen molar-refractivity contribution in [2.24, 2.45) is 0 Å². The maximum absolute atomic E-state index is 3.91. The van der Waals surface area contributed by atoms with Gasteiger partial charge in [-0.1, -0.05) is 30.3 Å². The first-order valence-electron chi connectivity index (χ1n) is 4.55. The predicted molar refractivity (Wildman–Crippen MR) is 56.8 cm³/mol. The molecule has 0 aliphatic heterocycles. The third-order valence-corrected chi connectivity index (χ3v) is 1.93. The molecule has 69 valence electrons. The molecule has 2 rings (SSSR count). The second kappa shape index (κ2) is 4.42. The van der Waals surface area contributed by atoms with Crippen LogP contribution in [0.15, 0.2) is 48.7 Å². The summed E-state index contributed by atoms with van der Waals surface area (Å²) in [6.45, 7) is 0.809. The maximum atomic E-state index is 3.91. The van der Waals surface area contributed by atoms with Gasteiger partial charge in [-0.05, 0) is 17.7 Å². The number of rotatable bonds is 3. The van der Waals surface area contributed by atoms with Crippen molar-refractivity contribution in [3.8, 4) is 0 Å². The van der Waals surface area contributed by atoms with Crippen molar-refractivity contribution in [2.45, 2.75) is 6.54 Å². The standard InChI is InChI=1S/C12H11N2/c1-2-5-11(6-3-1)9-14-12-7-4-8-13-10-12/h1-8,14H,9H2. The van der Waals surface area contributed by atoms with Crippen LogP contribution < -0.4 is 5.32 Å². The van der Waals surface area contributed by atoms with Gasteiger partial charge in [0.1, 0.15) is 6.20 Å². The van der Waals surface area contributed by atoms with Crippen LogP contribution in [0.2, 0.25) is 0 Å². The largest absolute Gasteiger partial charge is 0.379 e. The first-order valence-corrected chi connectivity index (χ1v) is 4.55. The molecule has 0 atom stereocenters. The number of benzene rings is 1.